The summed E-state index contributed by atoms with van der Waals surface area (Å²) in [7, 11) is 0. The standard InChI is InChI=1S/C4H8O2.H2O.Y/c1-2-3-4(5)6;;/h2-3H2,1H3,(H,5,6);1H2;. The third kappa shape index (κ3) is 16.0. The van der Waals surface area contributed by atoms with Crippen LogP contribution in [0.15, 0.2) is 0 Å². The van der Waals surface area contributed by atoms with Crippen molar-refractivity contribution in [1.29, 1.82) is 0 Å². The third-order valence-corrected chi connectivity index (χ3v) is 0.464. The molecule has 0 unspecified atom stereocenters. The number of rotatable bonds is 2. The number of aliphatic carboxylic acids is 1. The van der Waals surface area contributed by atoms with Gasteiger partial charge in [-0.3, -0.25) is 4.79 Å². The second kappa shape index (κ2) is 10.5. The predicted octanol–water partition coefficient (Wildman–Crippen LogP) is 0.0439. The van der Waals surface area contributed by atoms with E-state index in [0.29, 0.717) is 6.42 Å². The van der Waals surface area contributed by atoms with E-state index >= 15 is 0 Å². The monoisotopic (exact) mass is 195 g/mol. The molecular formula is C4H10O3Y. The van der Waals surface area contributed by atoms with Gasteiger partial charge < -0.3 is 10.6 Å². The number of carboxylic acid groups (broad SMARTS) is 1. The van der Waals surface area contributed by atoms with E-state index in [1.807, 2.05) is 6.92 Å². The van der Waals surface area contributed by atoms with E-state index in [9.17, 15) is 4.79 Å². The Bertz CT molecular complexity index is 55.2. The Morgan fingerprint density at radius 2 is 2.00 bits per heavy atom. The van der Waals surface area contributed by atoms with Gasteiger partial charge in [0.05, 0.1) is 0 Å². The summed E-state index contributed by atoms with van der Waals surface area (Å²) in [5, 5.41) is 7.91. The fourth-order valence-electron chi connectivity index (χ4n) is 0.214. The molecule has 0 fully saturated rings. The molecule has 0 aromatic rings. The topological polar surface area (TPSA) is 68.8 Å². The summed E-state index contributed by atoms with van der Waals surface area (Å²) in [6, 6.07) is 0. The minimum Gasteiger partial charge on any atom is -0.481 e. The summed E-state index contributed by atoms with van der Waals surface area (Å²) < 4.78 is 0. The molecule has 47 valence electrons. The molecule has 0 aliphatic heterocycles. The van der Waals surface area contributed by atoms with Crippen molar-refractivity contribution in [3.05, 3.63) is 0 Å². The Balaban J connectivity index is -0.000000125. The van der Waals surface area contributed by atoms with E-state index in [-0.39, 0.29) is 38.2 Å². The van der Waals surface area contributed by atoms with Crippen molar-refractivity contribution >= 4 is 5.97 Å². The maximum atomic E-state index is 9.60. The summed E-state index contributed by atoms with van der Waals surface area (Å²) in [5.41, 5.74) is 0. The van der Waals surface area contributed by atoms with Gasteiger partial charge in [0.1, 0.15) is 0 Å². The zero-order valence-electron chi connectivity index (χ0n) is 4.85. The van der Waals surface area contributed by atoms with Gasteiger partial charge in [-0.15, -0.1) is 0 Å². The average molecular weight is 195 g/mol. The molecule has 0 spiro atoms. The summed E-state index contributed by atoms with van der Waals surface area (Å²) in [6.07, 6.45) is 1.02. The normalized spacial score (nSPS) is 6.12. The molecule has 1 radical (unpaired) electrons. The molecular weight excluding hydrogens is 185 g/mol. The Morgan fingerprint density at radius 1 is 1.62 bits per heavy atom. The largest absolute Gasteiger partial charge is 0.481 e. The smallest absolute Gasteiger partial charge is 0.303 e. The number of carboxylic acids is 1. The predicted molar refractivity (Wildman–Crippen MR) is 26.2 cm³/mol. The van der Waals surface area contributed by atoms with Crippen molar-refractivity contribution in [2.75, 3.05) is 0 Å². The van der Waals surface area contributed by atoms with Gasteiger partial charge in [-0.25, -0.2) is 0 Å². The van der Waals surface area contributed by atoms with Crippen molar-refractivity contribution in [3.63, 3.8) is 0 Å². The van der Waals surface area contributed by atoms with Crippen LogP contribution in [0.1, 0.15) is 19.8 Å². The van der Waals surface area contributed by atoms with Gasteiger partial charge in [0.25, 0.3) is 0 Å². The average Bonchev–Trinajstić information content (AvgIpc) is 1.35. The Kier molecular flexibility index (Phi) is 20.8. The fourth-order valence-corrected chi connectivity index (χ4v) is 0.214. The van der Waals surface area contributed by atoms with Gasteiger partial charge in [0.2, 0.25) is 0 Å². The molecule has 0 aliphatic carbocycles. The van der Waals surface area contributed by atoms with Crippen LogP contribution in [0.5, 0.6) is 0 Å². The van der Waals surface area contributed by atoms with Crippen LogP contribution in [0, 0.1) is 0 Å². The quantitative estimate of drug-likeness (QED) is 0.675. The number of carbonyl (C=O) groups is 1. The number of hydrogen-bond donors (Lipinski definition) is 1. The summed E-state index contributed by atoms with van der Waals surface area (Å²) in [6.45, 7) is 1.84. The van der Waals surface area contributed by atoms with E-state index in [0.717, 1.165) is 6.42 Å². The zero-order valence-corrected chi connectivity index (χ0v) is 7.69. The van der Waals surface area contributed by atoms with Crippen LogP contribution >= 0.6 is 0 Å². The SMILES string of the molecule is CCCC(=O)O.O.[Y]. The van der Waals surface area contributed by atoms with Crippen LogP contribution in [0.2, 0.25) is 0 Å². The second-order valence-corrected chi connectivity index (χ2v) is 1.14. The Labute approximate surface area is 73.7 Å². The summed E-state index contributed by atoms with van der Waals surface area (Å²) in [5.74, 6) is -0.711. The Hall–Kier alpha value is 0.534. The van der Waals surface area contributed by atoms with Gasteiger partial charge in [-0.1, -0.05) is 6.92 Å². The minimum absolute atomic E-state index is 0. The van der Waals surface area contributed by atoms with E-state index in [2.05, 4.69) is 0 Å². The molecule has 0 aromatic heterocycles. The van der Waals surface area contributed by atoms with Crippen molar-refractivity contribution in [2.24, 2.45) is 0 Å². The summed E-state index contributed by atoms with van der Waals surface area (Å²) in [4.78, 5) is 9.60. The van der Waals surface area contributed by atoms with Crippen LogP contribution < -0.4 is 0 Å². The molecule has 0 rings (SSSR count). The molecule has 8 heavy (non-hydrogen) atoms. The minimum atomic E-state index is -0.711. The van der Waals surface area contributed by atoms with E-state index < -0.39 is 5.97 Å². The molecule has 0 amide bonds. The first-order valence-electron chi connectivity index (χ1n) is 1.99. The van der Waals surface area contributed by atoms with E-state index in [4.69, 9.17) is 5.11 Å². The number of hydrogen-bond acceptors (Lipinski definition) is 1. The van der Waals surface area contributed by atoms with Crippen molar-refractivity contribution in [2.45, 2.75) is 19.8 Å². The van der Waals surface area contributed by atoms with Crippen molar-refractivity contribution < 1.29 is 48.1 Å². The molecule has 4 heteroatoms. The molecule has 0 saturated carbocycles. The van der Waals surface area contributed by atoms with Gasteiger partial charge in [0, 0.05) is 39.1 Å². The second-order valence-electron chi connectivity index (χ2n) is 1.14. The molecule has 0 aliphatic rings. The summed E-state index contributed by atoms with van der Waals surface area (Å²) >= 11 is 0. The van der Waals surface area contributed by atoms with Gasteiger partial charge in [0.15, 0.2) is 0 Å². The third-order valence-electron chi connectivity index (χ3n) is 0.464. The van der Waals surface area contributed by atoms with E-state index in [1.54, 1.807) is 0 Å². The molecule has 3 N–H and O–H groups in total. The van der Waals surface area contributed by atoms with Gasteiger partial charge in [-0.2, -0.15) is 0 Å². The van der Waals surface area contributed by atoms with Crippen molar-refractivity contribution in [1.82, 2.24) is 0 Å². The van der Waals surface area contributed by atoms with Gasteiger partial charge >= 0.3 is 5.97 Å². The van der Waals surface area contributed by atoms with Crippen molar-refractivity contribution in [3.8, 4) is 0 Å². The molecule has 0 bridgehead atoms. The first-order chi connectivity index (χ1) is 2.77. The maximum Gasteiger partial charge on any atom is 0.303 e. The maximum absolute atomic E-state index is 9.60. The molecule has 0 saturated heterocycles. The molecule has 0 atom stereocenters. The first-order valence-corrected chi connectivity index (χ1v) is 1.99. The van der Waals surface area contributed by atoms with Crippen LogP contribution in [0.4, 0.5) is 0 Å². The van der Waals surface area contributed by atoms with E-state index in [1.165, 1.54) is 0 Å². The van der Waals surface area contributed by atoms with Crippen LogP contribution in [0.3, 0.4) is 0 Å². The van der Waals surface area contributed by atoms with Crippen LogP contribution in [-0.4, -0.2) is 16.6 Å². The van der Waals surface area contributed by atoms with Gasteiger partial charge in [-0.05, 0) is 6.42 Å². The zero-order chi connectivity index (χ0) is 4.99. The molecule has 3 nitrogen and oxygen atoms in total. The van der Waals surface area contributed by atoms with Crippen LogP contribution in [-0.2, 0) is 37.5 Å². The Morgan fingerprint density at radius 3 is 2.00 bits per heavy atom. The molecule has 0 aromatic carbocycles. The first kappa shape index (κ1) is 15.8. The fraction of sp³-hybridized carbons (Fsp3) is 0.750. The van der Waals surface area contributed by atoms with Crippen LogP contribution in [0.25, 0.3) is 0 Å². The molecule has 0 heterocycles.